The lowest BCUT2D eigenvalue weighted by molar-refractivity contribution is 0.0529. The van der Waals surface area contributed by atoms with E-state index in [1.165, 1.54) is 5.56 Å². The lowest BCUT2D eigenvalue weighted by atomic mass is 10.2. The molecule has 0 amide bonds. The van der Waals surface area contributed by atoms with Gasteiger partial charge in [0.15, 0.2) is 0 Å². The number of aryl methyl sites for hydroxylation is 1. The molecule has 15 heavy (non-hydrogen) atoms. The van der Waals surface area contributed by atoms with Crippen LogP contribution in [0.25, 0.3) is 0 Å². The Morgan fingerprint density at radius 3 is 3.13 bits per heavy atom. The largest absolute Gasteiger partial charge is 0.375 e. The molecule has 0 radical (unpaired) electrons. The average Bonchev–Trinajstić information content (AvgIpc) is 2.22. The minimum atomic E-state index is 0.285. The molecule has 0 aliphatic carbocycles. The van der Waals surface area contributed by atoms with E-state index in [2.05, 4.69) is 39.7 Å². The molecule has 1 saturated heterocycles. The molecule has 1 aromatic heterocycles. The van der Waals surface area contributed by atoms with Crippen molar-refractivity contribution in [2.45, 2.75) is 20.0 Å². The number of morpholine rings is 1. The van der Waals surface area contributed by atoms with Crippen LogP contribution in [0.3, 0.4) is 0 Å². The first-order valence-corrected chi connectivity index (χ1v) is 5.95. The fourth-order valence-corrected chi connectivity index (χ4v) is 2.24. The number of aromatic nitrogens is 1. The molecule has 2 rings (SSSR count). The predicted octanol–water partition coefficient (Wildman–Crippen LogP) is 2.38. The van der Waals surface area contributed by atoms with Crippen molar-refractivity contribution in [2.24, 2.45) is 0 Å². The number of rotatable bonds is 1. The lowest BCUT2D eigenvalue weighted by Crippen LogP contribution is -2.41. The molecule has 0 saturated carbocycles. The summed E-state index contributed by atoms with van der Waals surface area (Å²) in [7, 11) is 0. The quantitative estimate of drug-likeness (QED) is 0.784. The number of nitrogens with zero attached hydrogens (tertiary/aromatic N) is 2. The van der Waals surface area contributed by atoms with Gasteiger partial charge in [0.05, 0.1) is 17.2 Å². The molecule has 1 fully saturated rings. The number of ether oxygens (including phenoxy) is 1. The van der Waals surface area contributed by atoms with Gasteiger partial charge in [0.1, 0.15) is 5.82 Å². The monoisotopic (exact) mass is 270 g/mol. The summed E-state index contributed by atoms with van der Waals surface area (Å²) in [5.74, 6) is 1.03. The Hall–Kier alpha value is -0.610. The van der Waals surface area contributed by atoms with E-state index >= 15 is 0 Å². The molecule has 0 N–H and O–H groups in total. The van der Waals surface area contributed by atoms with Crippen molar-refractivity contribution in [3.63, 3.8) is 0 Å². The zero-order valence-electron chi connectivity index (χ0n) is 9.03. The Labute approximate surface area is 98.6 Å². The second-order valence-electron chi connectivity index (χ2n) is 3.89. The third kappa shape index (κ3) is 2.32. The Kier molecular flexibility index (Phi) is 3.26. The van der Waals surface area contributed by atoms with Crippen molar-refractivity contribution in [2.75, 3.05) is 24.6 Å². The van der Waals surface area contributed by atoms with E-state index in [9.17, 15) is 0 Å². The normalized spacial score (nSPS) is 21.8. The van der Waals surface area contributed by atoms with Crippen LogP contribution in [0, 0.1) is 6.92 Å². The second-order valence-corrected chi connectivity index (χ2v) is 4.69. The summed E-state index contributed by atoms with van der Waals surface area (Å²) in [5.41, 5.74) is 1.22. The Morgan fingerprint density at radius 2 is 2.40 bits per heavy atom. The van der Waals surface area contributed by atoms with Crippen molar-refractivity contribution in [3.05, 3.63) is 22.3 Å². The first-order valence-electron chi connectivity index (χ1n) is 5.16. The van der Waals surface area contributed by atoms with Crippen molar-refractivity contribution in [3.8, 4) is 0 Å². The SMILES string of the molecule is Cc1ccnc(N2CCOC(C)C2)c1Br. The maximum Gasteiger partial charge on any atom is 0.143 e. The van der Waals surface area contributed by atoms with E-state index in [0.717, 1.165) is 30.0 Å². The van der Waals surface area contributed by atoms with Gasteiger partial charge in [-0.3, -0.25) is 0 Å². The standard InChI is InChI=1S/C11H15BrN2O/c1-8-3-4-13-11(10(8)12)14-5-6-15-9(2)7-14/h3-4,9H,5-7H2,1-2H3. The predicted molar refractivity (Wildman–Crippen MR) is 64.3 cm³/mol. The van der Waals surface area contributed by atoms with Gasteiger partial charge in [-0.25, -0.2) is 4.98 Å². The molecule has 82 valence electrons. The molecule has 0 bridgehead atoms. The molecule has 2 heterocycles. The topological polar surface area (TPSA) is 25.4 Å². The Morgan fingerprint density at radius 1 is 1.60 bits per heavy atom. The number of halogens is 1. The van der Waals surface area contributed by atoms with Crippen molar-refractivity contribution in [1.29, 1.82) is 0 Å². The van der Waals surface area contributed by atoms with Crippen LogP contribution in [0.5, 0.6) is 0 Å². The van der Waals surface area contributed by atoms with Gasteiger partial charge in [-0.15, -0.1) is 0 Å². The molecule has 1 atom stereocenters. The minimum Gasteiger partial charge on any atom is -0.375 e. The molecule has 1 aromatic rings. The summed E-state index contributed by atoms with van der Waals surface area (Å²) in [5, 5.41) is 0. The van der Waals surface area contributed by atoms with Crippen molar-refractivity contribution in [1.82, 2.24) is 4.98 Å². The van der Waals surface area contributed by atoms with Crippen LogP contribution in [-0.2, 0) is 4.74 Å². The second kappa shape index (κ2) is 4.49. The summed E-state index contributed by atoms with van der Waals surface area (Å²) >= 11 is 3.59. The highest BCUT2D eigenvalue weighted by Gasteiger charge is 2.20. The molecular weight excluding hydrogens is 256 g/mol. The first kappa shape index (κ1) is 10.9. The van der Waals surface area contributed by atoms with Gasteiger partial charge < -0.3 is 9.64 Å². The van der Waals surface area contributed by atoms with E-state index in [4.69, 9.17) is 4.74 Å². The molecule has 4 heteroatoms. The Balaban J connectivity index is 2.24. The van der Waals surface area contributed by atoms with Gasteiger partial charge >= 0.3 is 0 Å². The smallest absolute Gasteiger partial charge is 0.143 e. The fraction of sp³-hybridized carbons (Fsp3) is 0.545. The zero-order valence-corrected chi connectivity index (χ0v) is 10.6. The highest BCUT2D eigenvalue weighted by atomic mass is 79.9. The summed E-state index contributed by atoms with van der Waals surface area (Å²) < 4.78 is 6.61. The minimum absolute atomic E-state index is 0.285. The first-order chi connectivity index (χ1) is 7.18. The molecule has 1 unspecified atom stereocenters. The maximum absolute atomic E-state index is 5.51. The van der Waals surface area contributed by atoms with E-state index in [0.29, 0.717) is 0 Å². The van der Waals surface area contributed by atoms with Gasteiger partial charge in [0.2, 0.25) is 0 Å². The summed E-state index contributed by atoms with van der Waals surface area (Å²) in [6.45, 7) is 6.78. The highest BCUT2D eigenvalue weighted by molar-refractivity contribution is 9.10. The van der Waals surface area contributed by atoms with E-state index in [1.807, 2.05) is 12.3 Å². The van der Waals surface area contributed by atoms with Crippen LogP contribution < -0.4 is 4.90 Å². The Bertz CT molecular complexity index is 356. The van der Waals surface area contributed by atoms with Crippen LogP contribution in [-0.4, -0.2) is 30.8 Å². The zero-order chi connectivity index (χ0) is 10.8. The highest BCUT2D eigenvalue weighted by Crippen LogP contribution is 2.27. The van der Waals surface area contributed by atoms with Crippen molar-refractivity contribution >= 4 is 21.7 Å². The molecule has 0 aromatic carbocycles. The number of hydrogen-bond acceptors (Lipinski definition) is 3. The van der Waals surface area contributed by atoms with Gasteiger partial charge in [-0.05, 0) is 41.4 Å². The van der Waals surface area contributed by atoms with Gasteiger partial charge in [-0.1, -0.05) is 0 Å². The average molecular weight is 271 g/mol. The van der Waals surface area contributed by atoms with Crippen LogP contribution in [0.2, 0.25) is 0 Å². The fourth-order valence-electron chi connectivity index (χ4n) is 1.76. The molecular formula is C11H15BrN2O. The van der Waals surface area contributed by atoms with E-state index in [-0.39, 0.29) is 6.10 Å². The van der Waals surface area contributed by atoms with Gasteiger partial charge in [-0.2, -0.15) is 0 Å². The maximum atomic E-state index is 5.51. The van der Waals surface area contributed by atoms with E-state index < -0.39 is 0 Å². The number of hydrogen-bond donors (Lipinski definition) is 0. The molecule has 1 aliphatic rings. The third-order valence-electron chi connectivity index (χ3n) is 2.60. The van der Waals surface area contributed by atoms with Gasteiger partial charge in [0.25, 0.3) is 0 Å². The number of anilines is 1. The third-order valence-corrected chi connectivity index (χ3v) is 3.58. The number of pyridine rings is 1. The summed E-state index contributed by atoms with van der Waals surface area (Å²) in [6, 6.07) is 2.01. The molecule has 0 spiro atoms. The van der Waals surface area contributed by atoms with Crippen LogP contribution >= 0.6 is 15.9 Å². The van der Waals surface area contributed by atoms with Crippen molar-refractivity contribution < 1.29 is 4.74 Å². The summed E-state index contributed by atoms with van der Waals surface area (Å²) in [6.07, 6.45) is 2.14. The molecule has 3 nitrogen and oxygen atoms in total. The molecule has 1 aliphatic heterocycles. The summed E-state index contributed by atoms with van der Waals surface area (Å²) in [4.78, 5) is 6.69. The van der Waals surface area contributed by atoms with Crippen LogP contribution in [0.1, 0.15) is 12.5 Å². The van der Waals surface area contributed by atoms with Crippen LogP contribution in [0.15, 0.2) is 16.7 Å². The van der Waals surface area contributed by atoms with Crippen LogP contribution in [0.4, 0.5) is 5.82 Å². The van der Waals surface area contributed by atoms with Gasteiger partial charge in [0, 0.05) is 19.3 Å². The lowest BCUT2D eigenvalue weighted by Gasteiger charge is -2.32. The van der Waals surface area contributed by atoms with E-state index in [1.54, 1.807) is 0 Å².